The van der Waals surface area contributed by atoms with E-state index in [1.54, 1.807) is 0 Å². The summed E-state index contributed by atoms with van der Waals surface area (Å²) in [5.74, 6) is -0.198. The number of rotatable bonds is 2. The molecule has 2 rings (SSSR count). The second kappa shape index (κ2) is 6.55. The Morgan fingerprint density at radius 3 is 2.33 bits per heavy atom. The Kier molecular flexibility index (Phi) is 5.17. The summed E-state index contributed by atoms with van der Waals surface area (Å²) < 4.78 is 37.7. The molecule has 2 fully saturated rings. The van der Waals surface area contributed by atoms with Crippen molar-refractivity contribution in [1.29, 1.82) is 0 Å². The summed E-state index contributed by atoms with van der Waals surface area (Å²) in [7, 11) is 0. The molecule has 1 aliphatic heterocycles. The zero-order chi connectivity index (χ0) is 15.6. The Hall–Kier alpha value is -0.780. The molecule has 0 bridgehead atoms. The van der Waals surface area contributed by atoms with E-state index < -0.39 is 18.1 Å². The summed E-state index contributed by atoms with van der Waals surface area (Å²) in [6.45, 7) is 4.26. The first-order valence-electron chi connectivity index (χ1n) is 7.88. The fourth-order valence-electron chi connectivity index (χ4n) is 3.34. The van der Waals surface area contributed by atoms with E-state index in [-0.39, 0.29) is 31.3 Å². The molecule has 3 nitrogen and oxygen atoms in total. The molecule has 1 saturated carbocycles. The monoisotopic (exact) mass is 306 g/mol. The summed E-state index contributed by atoms with van der Waals surface area (Å²) in [5.41, 5.74) is 0. The van der Waals surface area contributed by atoms with Crippen LogP contribution in [0.1, 0.15) is 46.0 Å². The van der Waals surface area contributed by atoms with Crippen molar-refractivity contribution in [3.05, 3.63) is 0 Å². The summed E-state index contributed by atoms with van der Waals surface area (Å²) in [5, 5.41) is 5.76. The molecule has 5 unspecified atom stereocenters. The maximum atomic E-state index is 12.6. The highest BCUT2D eigenvalue weighted by Crippen LogP contribution is 2.32. The quantitative estimate of drug-likeness (QED) is 0.823. The summed E-state index contributed by atoms with van der Waals surface area (Å²) in [6, 6.07) is -0.302. The molecule has 0 aromatic carbocycles. The van der Waals surface area contributed by atoms with Crippen molar-refractivity contribution in [3.63, 3.8) is 0 Å². The van der Waals surface area contributed by atoms with E-state index in [0.29, 0.717) is 11.8 Å². The standard InChI is InChI=1S/C15H25F3N2O/c1-9-3-5-12(7-10(9)2)20-14(21)13-6-4-11(8-19-13)15(16,17)18/h9-13,19H,3-8H2,1-2H3,(H,20,21). The van der Waals surface area contributed by atoms with Gasteiger partial charge in [0.15, 0.2) is 0 Å². The van der Waals surface area contributed by atoms with Crippen molar-refractivity contribution in [2.45, 2.75) is 64.2 Å². The van der Waals surface area contributed by atoms with Crippen LogP contribution in [-0.4, -0.2) is 30.7 Å². The van der Waals surface area contributed by atoms with Gasteiger partial charge in [-0.3, -0.25) is 4.79 Å². The van der Waals surface area contributed by atoms with Crippen LogP contribution in [0.4, 0.5) is 13.2 Å². The first-order valence-corrected chi connectivity index (χ1v) is 7.88. The number of alkyl halides is 3. The molecular formula is C15H25F3N2O. The molecule has 1 aliphatic carbocycles. The van der Waals surface area contributed by atoms with Gasteiger partial charge in [-0.2, -0.15) is 13.2 Å². The van der Waals surface area contributed by atoms with Crippen molar-refractivity contribution >= 4 is 5.91 Å². The smallest absolute Gasteiger partial charge is 0.352 e. The van der Waals surface area contributed by atoms with Crippen LogP contribution in [0.2, 0.25) is 0 Å². The van der Waals surface area contributed by atoms with Crippen LogP contribution in [0.15, 0.2) is 0 Å². The molecule has 1 heterocycles. The van der Waals surface area contributed by atoms with Gasteiger partial charge in [-0.1, -0.05) is 13.8 Å². The first-order chi connectivity index (χ1) is 9.77. The second-order valence-corrected chi connectivity index (χ2v) is 6.75. The summed E-state index contributed by atoms with van der Waals surface area (Å²) >= 11 is 0. The van der Waals surface area contributed by atoms with Gasteiger partial charge in [0.1, 0.15) is 0 Å². The lowest BCUT2D eigenvalue weighted by Crippen LogP contribution is -2.53. The average Bonchev–Trinajstić information content (AvgIpc) is 2.42. The fraction of sp³-hybridized carbons (Fsp3) is 0.933. The van der Waals surface area contributed by atoms with E-state index in [0.717, 1.165) is 19.3 Å². The maximum Gasteiger partial charge on any atom is 0.393 e. The van der Waals surface area contributed by atoms with Crippen molar-refractivity contribution < 1.29 is 18.0 Å². The van der Waals surface area contributed by atoms with Gasteiger partial charge in [-0.25, -0.2) is 0 Å². The fourth-order valence-corrected chi connectivity index (χ4v) is 3.34. The van der Waals surface area contributed by atoms with Crippen molar-refractivity contribution in [2.24, 2.45) is 17.8 Å². The van der Waals surface area contributed by atoms with Crippen LogP contribution < -0.4 is 10.6 Å². The van der Waals surface area contributed by atoms with Crippen molar-refractivity contribution in [3.8, 4) is 0 Å². The lowest BCUT2D eigenvalue weighted by molar-refractivity contribution is -0.180. The number of amides is 1. The normalized spacial score (nSPS) is 38.0. The minimum absolute atomic E-state index is 0.0344. The molecule has 2 N–H and O–H groups in total. The maximum absolute atomic E-state index is 12.6. The molecule has 122 valence electrons. The number of hydrogen-bond donors (Lipinski definition) is 2. The van der Waals surface area contributed by atoms with E-state index in [9.17, 15) is 18.0 Å². The number of carbonyl (C=O) groups is 1. The molecule has 6 heteroatoms. The topological polar surface area (TPSA) is 41.1 Å². The van der Waals surface area contributed by atoms with Gasteiger partial charge in [-0.05, 0) is 43.9 Å². The molecule has 0 spiro atoms. The van der Waals surface area contributed by atoms with Crippen LogP contribution in [0, 0.1) is 17.8 Å². The molecule has 2 aliphatic rings. The van der Waals surface area contributed by atoms with Gasteiger partial charge in [0.2, 0.25) is 5.91 Å². The number of hydrogen-bond acceptors (Lipinski definition) is 2. The van der Waals surface area contributed by atoms with Crippen LogP contribution in [0.25, 0.3) is 0 Å². The minimum atomic E-state index is -4.16. The van der Waals surface area contributed by atoms with E-state index in [2.05, 4.69) is 24.5 Å². The highest BCUT2D eigenvalue weighted by atomic mass is 19.4. The molecule has 1 amide bonds. The third-order valence-corrected chi connectivity index (χ3v) is 5.14. The van der Waals surface area contributed by atoms with E-state index >= 15 is 0 Å². The third-order valence-electron chi connectivity index (χ3n) is 5.14. The number of piperidine rings is 1. The number of nitrogens with one attached hydrogen (secondary N) is 2. The van der Waals surface area contributed by atoms with E-state index in [1.807, 2.05) is 0 Å². The zero-order valence-electron chi connectivity index (χ0n) is 12.7. The second-order valence-electron chi connectivity index (χ2n) is 6.75. The predicted molar refractivity (Wildman–Crippen MR) is 74.7 cm³/mol. The van der Waals surface area contributed by atoms with Gasteiger partial charge in [0, 0.05) is 12.6 Å². The lowest BCUT2D eigenvalue weighted by atomic mass is 9.79. The van der Waals surface area contributed by atoms with Gasteiger partial charge in [-0.15, -0.1) is 0 Å². The first kappa shape index (κ1) is 16.6. The predicted octanol–water partition coefficient (Wildman–Crippen LogP) is 2.86. The summed E-state index contributed by atoms with van der Waals surface area (Å²) in [4.78, 5) is 12.2. The molecule has 0 aromatic heterocycles. The highest BCUT2D eigenvalue weighted by Gasteiger charge is 2.42. The number of carbonyl (C=O) groups excluding carboxylic acids is 1. The largest absolute Gasteiger partial charge is 0.393 e. The summed E-state index contributed by atoms with van der Waals surface area (Å²) in [6.07, 6.45) is -0.842. The SMILES string of the molecule is CC1CCC(NC(=O)C2CCC(C(F)(F)F)CN2)CC1C. The van der Waals surface area contributed by atoms with Crippen LogP contribution in [0.5, 0.6) is 0 Å². The van der Waals surface area contributed by atoms with E-state index in [4.69, 9.17) is 0 Å². The Morgan fingerprint density at radius 1 is 1.10 bits per heavy atom. The van der Waals surface area contributed by atoms with Gasteiger partial charge >= 0.3 is 6.18 Å². The van der Waals surface area contributed by atoms with Crippen LogP contribution in [-0.2, 0) is 4.79 Å². The Bertz CT molecular complexity index is 364. The highest BCUT2D eigenvalue weighted by molar-refractivity contribution is 5.82. The molecule has 1 saturated heterocycles. The molecule has 5 atom stereocenters. The molecule has 21 heavy (non-hydrogen) atoms. The van der Waals surface area contributed by atoms with Gasteiger partial charge in [0.25, 0.3) is 0 Å². The molecule has 0 aromatic rings. The molecular weight excluding hydrogens is 281 g/mol. The Labute approximate surface area is 124 Å². The molecule has 0 radical (unpaired) electrons. The van der Waals surface area contributed by atoms with E-state index in [1.165, 1.54) is 0 Å². The zero-order valence-corrected chi connectivity index (χ0v) is 12.7. The number of halogens is 3. The van der Waals surface area contributed by atoms with Crippen molar-refractivity contribution in [2.75, 3.05) is 6.54 Å². The Balaban J connectivity index is 1.78. The van der Waals surface area contributed by atoms with Gasteiger partial charge in [0.05, 0.1) is 12.0 Å². The van der Waals surface area contributed by atoms with Crippen LogP contribution in [0.3, 0.4) is 0 Å². The third kappa shape index (κ3) is 4.34. The average molecular weight is 306 g/mol. The Morgan fingerprint density at radius 2 is 1.81 bits per heavy atom. The lowest BCUT2D eigenvalue weighted by Gasteiger charge is -2.35. The van der Waals surface area contributed by atoms with Crippen molar-refractivity contribution in [1.82, 2.24) is 10.6 Å². The van der Waals surface area contributed by atoms with Gasteiger partial charge < -0.3 is 10.6 Å². The van der Waals surface area contributed by atoms with Crippen LogP contribution >= 0.6 is 0 Å². The minimum Gasteiger partial charge on any atom is -0.352 e.